The fourth-order valence-corrected chi connectivity index (χ4v) is 2.71. The Morgan fingerprint density at radius 3 is 1.45 bits per heavy atom. The first-order valence-corrected chi connectivity index (χ1v) is 8.65. The van der Waals surface area contributed by atoms with Crippen molar-refractivity contribution in [3.63, 3.8) is 0 Å². The summed E-state index contributed by atoms with van der Waals surface area (Å²) < 4.78 is 134. The highest BCUT2D eigenvalue weighted by atomic mass is 19.4. The van der Waals surface area contributed by atoms with Crippen LogP contribution in [0.4, 0.5) is 50.9 Å². The normalized spacial score (nSPS) is 12.0. The molecule has 0 aliphatic carbocycles. The lowest BCUT2D eigenvalue weighted by Gasteiger charge is -2.22. The first-order valence-electron chi connectivity index (χ1n) is 8.65. The van der Waals surface area contributed by atoms with Crippen LogP contribution in [0.2, 0.25) is 0 Å². The molecular weight excluding hydrogens is 471 g/mol. The Morgan fingerprint density at radius 1 is 0.576 bits per heavy atom. The van der Waals surface area contributed by atoms with Gasteiger partial charge in [0.15, 0.2) is 40.4 Å². The Balaban J connectivity index is 2.34. The Bertz CT molecular complexity index is 1210. The molecule has 0 atom stereocenters. The summed E-state index contributed by atoms with van der Waals surface area (Å²) in [6.07, 6.45) is -11.3. The molecule has 0 bridgehead atoms. The number of hydrogen-bond donors (Lipinski definition) is 2. The average Bonchev–Trinajstić information content (AvgIpc) is 2.67. The van der Waals surface area contributed by atoms with E-state index in [-0.39, 0.29) is 17.4 Å². The van der Waals surface area contributed by atoms with Crippen LogP contribution in [-0.2, 0) is 12.4 Å². The molecule has 3 aromatic carbocycles. The standard InChI is InChI=1S/C20H11F9N2O2/c21-11-3-1-8(30)5-14(11)32-17-10(19(24,25)26)7-13(23)18(16(17)20(27,28)29)33-15-6-9(31)2-4-12(15)22/h1-7H,30-31H2. The van der Waals surface area contributed by atoms with E-state index in [0.717, 1.165) is 12.1 Å². The first-order chi connectivity index (χ1) is 15.2. The fraction of sp³-hybridized carbons (Fsp3) is 0.100. The van der Waals surface area contributed by atoms with Crippen molar-refractivity contribution in [3.05, 3.63) is 71.0 Å². The van der Waals surface area contributed by atoms with Gasteiger partial charge in [-0.3, -0.25) is 0 Å². The summed E-state index contributed by atoms with van der Waals surface area (Å²) in [6, 6.07) is 4.25. The Labute approximate surface area is 179 Å². The Hall–Kier alpha value is -3.77. The molecule has 0 saturated heterocycles. The van der Waals surface area contributed by atoms with Gasteiger partial charge in [-0.2, -0.15) is 26.3 Å². The topological polar surface area (TPSA) is 70.5 Å². The maximum absolute atomic E-state index is 14.5. The zero-order valence-electron chi connectivity index (χ0n) is 15.9. The van der Waals surface area contributed by atoms with Gasteiger partial charge in [0.1, 0.15) is 11.1 Å². The molecular formula is C20H11F9N2O2. The number of benzene rings is 3. The zero-order valence-corrected chi connectivity index (χ0v) is 15.9. The molecule has 0 aliphatic heterocycles. The van der Waals surface area contributed by atoms with Crippen molar-refractivity contribution >= 4 is 11.4 Å². The largest absolute Gasteiger partial charge is 0.453 e. The van der Waals surface area contributed by atoms with Gasteiger partial charge in [0.2, 0.25) is 0 Å². The minimum Gasteiger partial charge on any atom is -0.453 e. The van der Waals surface area contributed by atoms with E-state index in [0.29, 0.717) is 24.3 Å². The van der Waals surface area contributed by atoms with Crippen LogP contribution in [0.25, 0.3) is 0 Å². The first kappa shape index (κ1) is 23.9. The molecule has 0 spiro atoms. The van der Waals surface area contributed by atoms with E-state index < -0.39 is 63.9 Å². The van der Waals surface area contributed by atoms with Crippen molar-refractivity contribution in [2.75, 3.05) is 11.5 Å². The molecule has 176 valence electrons. The molecule has 0 amide bonds. The van der Waals surface area contributed by atoms with Crippen LogP contribution in [0.3, 0.4) is 0 Å². The third kappa shape index (κ3) is 5.02. The molecule has 13 heteroatoms. The van der Waals surface area contributed by atoms with Gasteiger partial charge >= 0.3 is 12.4 Å². The molecule has 0 aliphatic rings. The van der Waals surface area contributed by atoms with Crippen LogP contribution < -0.4 is 20.9 Å². The number of anilines is 2. The third-order valence-electron chi connectivity index (χ3n) is 4.11. The number of nitrogen functional groups attached to an aromatic ring is 2. The maximum Gasteiger partial charge on any atom is 0.423 e. The molecule has 0 saturated carbocycles. The van der Waals surface area contributed by atoms with Gasteiger partial charge in [-0.25, -0.2) is 13.2 Å². The molecule has 3 rings (SSSR count). The molecule has 0 heterocycles. The summed E-state index contributed by atoms with van der Waals surface area (Å²) in [5, 5.41) is 0. The van der Waals surface area contributed by atoms with E-state index in [1.807, 2.05) is 0 Å². The maximum atomic E-state index is 14.5. The zero-order chi connectivity index (χ0) is 24.7. The predicted octanol–water partition coefficient (Wildman–Crippen LogP) is 6.89. The van der Waals surface area contributed by atoms with Crippen molar-refractivity contribution in [3.8, 4) is 23.0 Å². The van der Waals surface area contributed by atoms with Crippen molar-refractivity contribution in [2.45, 2.75) is 12.4 Å². The average molecular weight is 482 g/mol. The lowest BCUT2D eigenvalue weighted by Crippen LogP contribution is -2.17. The molecule has 0 fully saturated rings. The smallest absolute Gasteiger partial charge is 0.423 e. The molecule has 33 heavy (non-hydrogen) atoms. The summed E-state index contributed by atoms with van der Waals surface area (Å²) in [6.45, 7) is 0. The van der Waals surface area contributed by atoms with Gasteiger partial charge in [-0.15, -0.1) is 0 Å². The monoisotopic (exact) mass is 482 g/mol. The van der Waals surface area contributed by atoms with E-state index in [2.05, 4.69) is 9.47 Å². The number of rotatable bonds is 4. The van der Waals surface area contributed by atoms with Crippen LogP contribution in [0.15, 0.2) is 42.5 Å². The predicted molar refractivity (Wildman–Crippen MR) is 98.2 cm³/mol. The Kier molecular flexibility index (Phi) is 6.00. The quantitative estimate of drug-likeness (QED) is 0.314. The van der Waals surface area contributed by atoms with E-state index in [1.54, 1.807) is 0 Å². The molecule has 0 unspecified atom stereocenters. The highest BCUT2D eigenvalue weighted by Gasteiger charge is 2.47. The second-order valence-electron chi connectivity index (χ2n) is 6.52. The van der Waals surface area contributed by atoms with Gasteiger partial charge in [-0.1, -0.05) is 0 Å². The lowest BCUT2D eigenvalue weighted by atomic mass is 10.1. The van der Waals surface area contributed by atoms with Crippen LogP contribution >= 0.6 is 0 Å². The number of nitrogens with two attached hydrogens (primary N) is 2. The molecule has 4 N–H and O–H groups in total. The van der Waals surface area contributed by atoms with Crippen molar-refractivity contribution in [1.82, 2.24) is 0 Å². The van der Waals surface area contributed by atoms with Crippen molar-refractivity contribution in [2.24, 2.45) is 0 Å². The number of halogens is 9. The second kappa shape index (κ2) is 8.30. The third-order valence-corrected chi connectivity index (χ3v) is 4.11. The minimum absolute atomic E-state index is 0.203. The minimum atomic E-state index is -5.74. The van der Waals surface area contributed by atoms with E-state index in [1.165, 1.54) is 0 Å². The number of alkyl halides is 6. The summed E-state index contributed by atoms with van der Waals surface area (Å²) in [5.74, 6) is -10.8. The van der Waals surface area contributed by atoms with Crippen molar-refractivity contribution in [1.29, 1.82) is 0 Å². The number of ether oxygens (including phenoxy) is 2. The van der Waals surface area contributed by atoms with Gasteiger partial charge in [0.05, 0.1) is 0 Å². The molecule has 0 radical (unpaired) electrons. The van der Waals surface area contributed by atoms with Crippen molar-refractivity contribution < 1.29 is 49.0 Å². The lowest BCUT2D eigenvalue weighted by molar-refractivity contribution is -0.146. The van der Waals surface area contributed by atoms with Gasteiger partial charge in [-0.05, 0) is 30.3 Å². The van der Waals surface area contributed by atoms with E-state index in [9.17, 15) is 39.5 Å². The molecule has 0 aromatic heterocycles. The van der Waals surface area contributed by atoms with Crippen LogP contribution in [-0.4, -0.2) is 0 Å². The molecule has 3 aromatic rings. The summed E-state index contributed by atoms with van der Waals surface area (Å²) in [7, 11) is 0. The highest BCUT2D eigenvalue weighted by Crippen LogP contribution is 2.52. The summed E-state index contributed by atoms with van der Waals surface area (Å²) in [4.78, 5) is 0. The van der Waals surface area contributed by atoms with Gasteiger partial charge in [0.25, 0.3) is 0 Å². The second-order valence-corrected chi connectivity index (χ2v) is 6.52. The summed E-state index contributed by atoms with van der Waals surface area (Å²) >= 11 is 0. The van der Waals surface area contributed by atoms with Crippen LogP contribution in [0, 0.1) is 17.5 Å². The van der Waals surface area contributed by atoms with E-state index >= 15 is 0 Å². The molecule has 4 nitrogen and oxygen atoms in total. The Morgan fingerprint density at radius 2 is 1.03 bits per heavy atom. The number of hydrogen-bond acceptors (Lipinski definition) is 4. The van der Waals surface area contributed by atoms with Crippen LogP contribution in [0.5, 0.6) is 23.0 Å². The highest BCUT2D eigenvalue weighted by molar-refractivity contribution is 5.58. The van der Waals surface area contributed by atoms with Crippen LogP contribution in [0.1, 0.15) is 11.1 Å². The van der Waals surface area contributed by atoms with Gasteiger partial charge in [0, 0.05) is 23.5 Å². The fourth-order valence-electron chi connectivity index (χ4n) is 2.71. The SMILES string of the molecule is Nc1ccc(F)c(Oc2c(F)cc(C(F)(F)F)c(Oc3cc(N)ccc3F)c2C(F)(F)F)c1. The van der Waals surface area contributed by atoms with E-state index in [4.69, 9.17) is 11.5 Å². The van der Waals surface area contributed by atoms with Gasteiger partial charge < -0.3 is 20.9 Å². The summed E-state index contributed by atoms with van der Waals surface area (Å²) in [5.41, 5.74) is 5.69.